The van der Waals surface area contributed by atoms with E-state index in [-0.39, 0.29) is 18.9 Å². The third kappa shape index (κ3) is 3.85. The van der Waals surface area contributed by atoms with Crippen LogP contribution in [0.25, 0.3) is 0 Å². The number of carboxylic acid groups (broad SMARTS) is 1. The van der Waals surface area contributed by atoms with E-state index in [1.165, 1.54) is 4.90 Å². The summed E-state index contributed by atoms with van der Waals surface area (Å²) in [5, 5.41) is 11.5. The lowest BCUT2D eigenvalue weighted by molar-refractivity contribution is -0.145. The van der Waals surface area contributed by atoms with E-state index in [2.05, 4.69) is 5.32 Å². The fourth-order valence-electron chi connectivity index (χ4n) is 1.34. The Morgan fingerprint density at radius 1 is 1.60 bits per heavy atom. The molecule has 15 heavy (non-hydrogen) atoms. The van der Waals surface area contributed by atoms with Crippen molar-refractivity contribution in [2.45, 2.75) is 12.5 Å². The standard InChI is InChI=1S/C9H16N2O4/c1-11(4-2-8(12)13)9(14)7-6-10-3-5-15-7/h7,10H,2-6H2,1H3,(H,12,13). The number of amides is 1. The van der Waals surface area contributed by atoms with Crippen LogP contribution in [0.5, 0.6) is 0 Å². The molecule has 1 heterocycles. The molecule has 6 heteroatoms. The van der Waals surface area contributed by atoms with Gasteiger partial charge in [-0.2, -0.15) is 0 Å². The van der Waals surface area contributed by atoms with E-state index in [1.54, 1.807) is 7.05 Å². The van der Waals surface area contributed by atoms with Gasteiger partial charge in [-0.3, -0.25) is 9.59 Å². The van der Waals surface area contributed by atoms with Gasteiger partial charge in [-0.05, 0) is 0 Å². The Labute approximate surface area is 88.2 Å². The summed E-state index contributed by atoms with van der Waals surface area (Å²) >= 11 is 0. The van der Waals surface area contributed by atoms with E-state index in [9.17, 15) is 9.59 Å². The van der Waals surface area contributed by atoms with Gasteiger partial charge in [-0.15, -0.1) is 0 Å². The molecule has 1 unspecified atom stereocenters. The van der Waals surface area contributed by atoms with Crippen LogP contribution < -0.4 is 5.32 Å². The largest absolute Gasteiger partial charge is 0.481 e. The number of morpholine rings is 1. The highest BCUT2D eigenvalue weighted by molar-refractivity contribution is 5.81. The fraction of sp³-hybridized carbons (Fsp3) is 0.778. The van der Waals surface area contributed by atoms with Crippen LogP contribution in [-0.2, 0) is 14.3 Å². The molecular weight excluding hydrogens is 200 g/mol. The van der Waals surface area contributed by atoms with Crippen LogP contribution in [0, 0.1) is 0 Å². The highest BCUT2D eigenvalue weighted by Gasteiger charge is 2.24. The average molecular weight is 216 g/mol. The first-order valence-corrected chi connectivity index (χ1v) is 4.90. The lowest BCUT2D eigenvalue weighted by Gasteiger charge is -2.26. The second-order valence-electron chi connectivity index (χ2n) is 3.47. The number of carbonyl (C=O) groups is 2. The van der Waals surface area contributed by atoms with Crippen molar-refractivity contribution in [2.75, 3.05) is 33.3 Å². The van der Waals surface area contributed by atoms with Crippen molar-refractivity contribution in [3.63, 3.8) is 0 Å². The van der Waals surface area contributed by atoms with Gasteiger partial charge >= 0.3 is 5.97 Å². The molecule has 0 aliphatic carbocycles. The number of likely N-dealkylation sites (N-methyl/N-ethyl adjacent to an activating group) is 1. The van der Waals surface area contributed by atoms with Crippen LogP contribution in [0.2, 0.25) is 0 Å². The number of rotatable bonds is 4. The zero-order valence-corrected chi connectivity index (χ0v) is 8.73. The van der Waals surface area contributed by atoms with Crippen LogP contribution in [0.3, 0.4) is 0 Å². The summed E-state index contributed by atoms with van der Waals surface area (Å²) in [5.41, 5.74) is 0. The summed E-state index contributed by atoms with van der Waals surface area (Å²) in [6.07, 6.45) is -0.514. The third-order valence-corrected chi connectivity index (χ3v) is 2.24. The SMILES string of the molecule is CN(CCC(=O)O)C(=O)C1CNCCO1. The molecule has 1 fully saturated rings. The number of carbonyl (C=O) groups excluding carboxylic acids is 1. The van der Waals surface area contributed by atoms with Gasteiger partial charge in [-0.1, -0.05) is 0 Å². The highest BCUT2D eigenvalue weighted by atomic mass is 16.5. The molecule has 1 aliphatic heterocycles. The average Bonchev–Trinajstić information content (AvgIpc) is 2.26. The number of nitrogens with zero attached hydrogens (tertiary/aromatic N) is 1. The molecule has 0 spiro atoms. The number of carboxylic acids is 1. The number of ether oxygens (including phenoxy) is 1. The zero-order chi connectivity index (χ0) is 11.3. The van der Waals surface area contributed by atoms with E-state index in [4.69, 9.17) is 9.84 Å². The Morgan fingerprint density at radius 2 is 2.33 bits per heavy atom. The predicted molar refractivity (Wildman–Crippen MR) is 52.5 cm³/mol. The second-order valence-corrected chi connectivity index (χ2v) is 3.47. The maximum Gasteiger partial charge on any atom is 0.305 e. The van der Waals surface area contributed by atoms with Crippen molar-refractivity contribution in [1.82, 2.24) is 10.2 Å². The van der Waals surface area contributed by atoms with E-state index in [0.29, 0.717) is 13.2 Å². The maximum atomic E-state index is 11.7. The predicted octanol–water partition coefficient (Wildman–Crippen LogP) is -1.09. The number of aliphatic carboxylic acids is 1. The lowest BCUT2D eigenvalue weighted by Crippen LogP contribution is -2.48. The quantitative estimate of drug-likeness (QED) is 0.624. The van der Waals surface area contributed by atoms with Gasteiger partial charge in [0.15, 0.2) is 0 Å². The normalized spacial score (nSPS) is 21.0. The summed E-state index contributed by atoms with van der Waals surface area (Å²) in [6, 6.07) is 0. The number of nitrogens with one attached hydrogen (secondary N) is 1. The molecule has 0 aromatic carbocycles. The molecule has 1 saturated heterocycles. The Bertz CT molecular complexity index is 238. The molecule has 1 rings (SSSR count). The van der Waals surface area contributed by atoms with Crippen molar-refractivity contribution < 1.29 is 19.4 Å². The molecular formula is C9H16N2O4. The van der Waals surface area contributed by atoms with Crippen molar-refractivity contribution in [3.8, 4) is 0 Å². The monoisotopic (exact) mass is 216 g/mol. The fourth-order valence-corrected chi connectivity index (χ4v) is 1.34. The smallest absolute Gasteiger partial charge is 0.305 e. The summed E-state index contributed by atoms with van der Waals surface area (Å²) < 4.78 is 5.27. The van der Waals surface area contributed by atoms with E-state index in [1.807, 2.05) is 0 Å². The number of hydrogen-bond acceptors (Lipinski definition) is 4. The Hall–Kier alpha value is -1.14. The molecule has 1 amide bonds. The molecule has 0 aromatic heterocycles. The van der Waals surface area contributed by atoms with Crippen molar-refractivity contribution in [1.29, 1.82) is 0 Å². The Kier molecular flexibility index (Phi) is 4.51. The number of hydrogen-bond donors (Lipinski definition) is 2. The summed E-state index contributed by atoms with van der Waals surface area (Å²) in [7, 11) is 1.59. The van der Waals surface area contributed by atoms with Gasteiger partial charge in [0.1, 0.15) is 6.10 Å². The topological polar surface area (TPSA) is 78.9 Å². The van der Waals surface area contributed by atoms with Crippen molar-refractivity contribution in [2.24, 2.45) is 0 Å². The van der Waals surface area contributed by atoms with E-state index in [0.717, 1.165) is 6.54 Å². The van der Waals surface area contributed by atoms with Gasteiger partial charge in [0.25, 0.3) is 5.91 Å². The molecule has 2 N–H and O–H groups in total. The van der Waals surface area contributed by atoms with Crippen molar-refractivity contribution >= 4 is 11.9 Å². The molecule has 0 radical (unpaired) electrons. The second kappa shape index (κ2) is 5.67. The molecule has 0 bridgehead atoms. The van der Waals surface area contributed by atoms with Crippen molar-refractivity contribution in [3.05, 3.63) is 0 Å². The van der Waals surface area contributed by atoms with Crippen LogP contribution in [0.4, 0.5) is 0 Å². The minimum Gasteiger partial charge on any atom is -0.481 e. The van der Waals surface area contributed by atoms with Crippen LogP contribution >= 0.6 is 0 Å². The minimum absolute atomic E-state index is 0.0393. The van der Waals surface area contributed by atoms with Gasteiger partial charge in [0, 0.05) is 26.7 Å². The molecule has 0 saturated carbocycles. The van der Waals surface area contributed by atoms with Gasteiger partial charge in [0.2, 0.25) is 0 Å². The molecule has 6 nitrogen and oxygen atoms in total. The lowest BCUT2D eigenvalue weighted by atomic mass is 10.2. The molecule has 1 atom stereocenters. The first kappa shape index (κ1) is 11.9. The minimum atomic E-state index is -0.905. The first-order chi connectivity index (χ1) is 7.11. The Balaban J connectivity index is 2.33. The zero-order valence-electron chi connectivity index (χ0n) is 8.73. The summed E-state index contributed by atoms with van der Waals surface area (Å²) in [5.74, 6) is -1.07. The first-order valence-electron chi connectivity index (χ1n) is 4.90. The summed E-state index contributed by atoms with van der Waals surface area (Å²) in [4.78, 5) is 23.4. The maximum absolute atomic E-state index is 11.7. The van der Waals surface area contributed by atoms with Gasteiger partial charge in [-0.25, -0.2) is 0 Å². The van der Waals surface area contributed by atoms with E-state index < -0.39 is 12.1 Å². The van der Waals surface area contributed by atoms with Gasteiger partial charge in [0.05, 0.1) is 13.0 Å². The van der Waals surface area contributed by atoms with Crippen LogP contribution in [0.1, 0.15) is 6.42 Å². The van der Waals surface area contributed by atoms with Crippen LogP contribution in [0.15, 0.2) is 0 Å². The van der Waals surface area contributed by atoms with Crippen LogP contribution in [-0.4, -0.2) is 61.3 Å². The Morgan fingerprint density at radius 3 is 2.87 bits per heavy atom. The molecule has 1 aliphatic rings. The highest BCUT2D eigenvalue weighted by Crippen LogP contribution is 2.01. The third-order valence-electron chi connectivity index (χ3n) is 2.24. The van der Waals surface area contributed by atoms with Gasteiger partial charge < -0.3 is 20.1 Å². The molecule has 0 aromatic rings. The molecule has 86 valence electrons. The summed E-state index contributed by atoms with van der Waals surface area (Å²) in [6.45, 7) is 1.98. The van der Waals surface area contributed by atoms with E-state index >= 15 is 0 Å².